The van der Waals surface area contributed by atoms with Crippen LogP contribution in [-0.2, 0) is 11.8 Å². The Balaban J connectivity index is 2.67. The summed E-state index contributed by atoms with van der Waals surface area (Å²) in [5, 5.41) is 11.7. The van der Waals surface area contributed by atoms with Crippen molar-refractivity contribution in [2.45, 2.75) is 24.2 Å². The Morgan fingerprint density at radius 2 is 1.48 bits per heavy atom. The maximum absolute atomic E-state index is 14.3. The fourth-order valence-corrected chi connectivity index (χ4v) is 3.44. The van der Waals surface area contributed by atoms with Crippen LogP contribution in [0.3, 0.4) is 0 Å². The molecule has 0 aliphatic rings. The first kappa shape index (κ1) is 26.9. The first-order valence-corrected chi connectivity index (χ1v) is 9.46. The van der Waals surface area contributed by atoms with Crippen LogP contribution >= 0.6 is 22.6 Å². The smallest absolute Gasteiger partial charge is 0.320 e. The molecule has 15 heteroatoms. The number of carbonyl (C=O) groups is 1. The molecule has 0 aliphatic heterocycles. The summed E-state index contributed by atoms with van der Waals surface area (Å²) in [5.41, 5.74) is -12.0. The van der Waals surface area contributed by atoms with E-state index in [1.807, 2.05) is 0 Å². The molecule has 0 atom stereocenters. The predicted octanol–water partition coefficient (Wildman–Crippen LogP) is 6.68. The van der Waals surface area contributed by atoms with Crippen LogP contribution in [0.4, 0.5) is 55.3 Å². The molecular formula is C18H11F10IN2O2. The Hall–Kier alpha value is -2.30. The average molecular weight is 604 g/mol. The van der Waals surface area contributed by atoms with Crippen molar-refractivity contribution in [1.29, 1.82) is 0 Å². The van der Waals surface area contributed by atoms with Crippen LogP contribution in [0.15, 0.2) is 36.4 Å². The van der Waals surface area contributed by atoms with Crippen molar-refractivity contribution < 1.29 is 53.9 Å². The molecule has 182 valence electrons. The molecule has 2 aromatic rings. The van der Waals surface area contributed by atoms with Gasteiger partial charge in [0.25, 0.3) is 5.91 Å². The number of rotatable bonds is 4. The zero-order chi connectivity index (χ0) is 25.6. The quantitative estimate of drug-likeness (QED) is 0.233. The highest BCUT2D eigenvalue weighted by atomic mass is 127. The van der Waals surface area contributed by atoms with Gasteiger partial charge in [0.15, 0.2) is 0 Å². The lowest BCUT2D eigenvalue weighted by Gasteiger charge is -2.31. The molecule has 0 spiro atoms. The fourth-order valence-electron chi connectivity index (χ4n) is 2.68. The SMILES string of the molecule is CN(O)c1cccc(C(=O)Nc2c(I)cc(C(F)(C(F)(F)F)C(F)(F)F)cc2C(F)(F)F)c1. The molecule has 0 heterocycles. The lowest BCUT2D eigenvalue weighted by Crippen LogP contribution is -2.50. The molecule has 0 aliphatic carbocycles. The van der Waals surface area contributed by atoms with Crippen LogP contribution < -0.4 is 10.4 Å². The number of hydroxylamine groups is 1. The Labute approximate surface area is 192 Å². The molecule has 0 saturated carbocycles. The van der Waals surface area contributed by atoms with Crippen molar-refractivity contribution in [3.05, 3.63) is 56.7 Å². The summed E-state index contributed by atoms with van der Waals surface area (Å²) in [6, 6.07) is 4.02. The molecule has 0 radical (unpaired) electrons. The third kappa shape index (κ3) is 5.28. The summed E-state index contributed by atoms with van der Waals surface area (Å²) in [6.45, 7) is 0. The zero-order valence-electron chi connectivity index (χ0n) is 15.9. The van der Waals surface area contributed by atoms with Gasteiger partial charge in [0.1, 0.15) is 0 Å². The summed E-state index contributed by atoms with van der Waals surface area (Å²) in [4.78, 5) is 12.4. The van der Waals surface area contributed by atoms with E-state index in [1.54, 1.807) is 5.32 Å². The number of benzene rings is 2. The Bertz CT molecular complexity index is 1030. The standard InChI is InChI=1S/C18H11F10IN2O2/c1-31(33)10-4-2-3-8(5-10)14(32)30-13-11(16(20,21)22)6-9(7-12(13)29)15(19,17(23,24)25)18(26,27)28/h2-7,33H,1H3,(H,30,32). The lowest BCUT2D eigenvalue weighted by molar-refractivity contribution is -0.348. The van der Waals surface area contributed by atoms with E-state index in [2.05, 4.69) is 0 Å². The molecule has 0 bridgehead atoms. The van der Waals surface area contributed by atoms with Crippen molar-refractivity contribution in [2.75, 3.05) is 17.4 Å². The van der Waals surface area contributed by atoms with Gasteiger partial charge in [0.05, 0.1) is 16.9 Å². The van der Waals surface area contributed by atoms with E-state index in [0.29, 0.717) is 5.06 Å². The average Bonchev–Trinajstić information content (AvgIpc) is 2.65. The highest BCUT2D eigenvalue weighted by Crippen LogP contribution is 2.54. The van der Waals surface area contributed by atoms with Gasteiger partial charge >= 0.3 is 24.2 Å². The van der Waals surface area contributed by atoms with Crippen LogP contribution in [0.1, 0.15) is 21.5 Å². The minimum Gasteiger partial charge on any atom is -0.320 e. The van der Waals surface area contributed by atoms with Gasteiger partial charge in [-0.1, -0.05) is 6.07 Å². The van der Waals surface area contributed by atoms with Gasteiger partial charge < -0.3 is 5.32 Å². The second-order valence-electron chi connectivity index (χ2n) is 6.56. The predicted molar refractivity (Wildman–Crippen MR) is 104 cm³/mol. The summed E-state index contributed by atoms with van der Waals surface area (Å²) < 4.78 is 132. The zero-order valence-corrected chi connectivity index (χ0v) is 18.1. The summed E-state index contributed by atoms with van der Waals surface area (Å²) in [6.07, 6.45) is -18.8. The number of amides is 1. The second kappa shape index (κ2) is 8.81. The normalized spacial score (nSPS) is 13.1. The molecule has 0 aromatic heterocycles. The summed E-state index contributed by atoms with van der Waals surface area (Å²) in [5.74, 6) is -1.23. The van der Waals surface area contributed by atoms with E-state index in [-0.39, 0.29) is 17.3 Å². The van der Waals surface area contributed by atoms with E-state index >= 15 is 0 Å². The fraction of sp³-hybridized carbons (Fsp3) is 0.278. The third-order valence-corrected chi connectivity index (χ3v) is 5.15. The molecule has 33 heavy (non-hydrogen) atoms. The van der Waals surface area contributed by atoms with Gasteiger partial charge in [0.2, 0.25) is 0 Å². The molecule has 1 amide bonds. The first-order valence-electron chi connectivity index (χ1n) is 8.38. The number of nitrogens with zero attached hydrogens (tertiary/aromatic N) is 1. The van der Waals surface area contributed by atoms with E-state index in [0.717, 1.165) is 34.7 Å². The summed E-state index contributed by atoms with van der Waals surface area (Å²) >= 11 is 0.954. The highest BCUT2D eigenvalue weighted by Gasteiger charge is 2.73. The van der Waals surface area contributed by atoms with Crippen molar-refractivity contribution in [3.8, 4) is 0 Å². The van der Waals surface area contributed by atoms with Crippen LogP contribution in [0.5, 0.6) is 0 Å². The third-order valence-electron chi connectivity index (χ3n) is 4.30. The molecule has 0 fully saturated rings. The lowest BCUT2D eigenvalue weighted by atomic mass is 9.92. The molecule has 0 saturated heterocycles. The highest BCUT2D eigenvalue weighted by molar-refractivity contribution is 14.1. The number of alkyl halides is 10. The van der Waals surface area contributed by atoms with E-state index in [1.165, 1.54) is 19.2 Å². The number of halogens is 11. The number of anilines is 2. The molecule has 4 nitrogen and oxygen atoms in total. The topological polar surface area (TPSA) is 52.6 Å². The minimum absolute atomic E-state index is 0.0429. The molecule has 2 N–H and O–H groups in total. The van der Waals surface area contributed by atoms with Crippen LogP contribution in [-0.4, -0.2) is 30.5 Å². The Morgan fingerprint density at radius 1 is 0.939 bits per heavy atom. The van der Waals surface area contributed by atoms with Gasteiger partial charge in [-0.15, -0.1) is 0 Å². The van der Waals surface area contributed by atoms with Crippen molar-refractivity contribution >= 4 is 39.9 Å². The van der Waals surface area contributed by atoms with E-state index in [9.17, 15) is 53.9 Å². The largest absolute Gasteiger partial charge is 0.435 e. The number of nitrogens with one attached hydrogen (secondary N) is 1. The maximum Gasteiger partial charge on any atom is 0.435 e. The molecule has 0 unspecified atom stereocenters. The molecule has 2 rings (SSSR count). The minimum atomic E-state index is -6.63. The van der Waals surface area contributed by atoms with E-state index < -0.39 is 56.6 Å². The first-order chi connectivity index (χ1) is 14.8. The molecular weight excluding hydrogens is 593 g/mol. The van der Waals surface area contributed by atoms with Crippen molar-refractivity contribution in [1.82, 2.24) is 0 Å². The van der Waals surface area contributed by atoms with Crippen LogP contribution in [0.2, 0.25) is 0 Å². The number of hydrogen-bond donors (Lipinski definition) is 2. The monoisotopic (exact) mass is 604 g/mol. The van der Waals surface area contributed by atoms with E-state index in [4.69, 9.17) is 0 Å². The van der Waals surface area contributed by atoms with Gasteiger partial charge in [-0.2, -0.15) is 39.5 Å². The molecule has 2 aromatic carbocycles. The van der Waals surface area contributed by atoms with Gasteiger partial charge in [-0.25, -0.2) is 4.39 Å². The second-order valence-corrected chi connectivity index (χ2v) is 7.72. The number of hydrogen-bond acceptors (Lipinski definition) is 3. The maximum atomic E-state index is 14.3. The van der Waals surface area contributed by atoms with Gasteiger partial charge in [0, 0.05) is 21.7 Å². The number of carbonyl (C=O) groups excluding carboxylic acids is 1. The van der Waals surface area contributed by atoms with Gasteiger partial charge in [-0.05, 0) is 52.9 Å². The Kier molecular flexibility index (Phi) is 7.19. The Morgan fingerprint density at radius 3 is 1.94 bits per heavy atom. The van der Waals surface area contributed by atoms with Crippen LogP contribution in [0.25, 0.3) is 0 Å². The summed E-state index contributed by atoms with van der Waals surface area (Å²) in [7, 11) is 1.17. The van der Waals surface area contributed by atoms with Crippen molar-refractivity contribution in [2.24, 2.45) is 0 Å². The van der Waals surface area contributed by atoms with Crippen molar-refractivity contribution in [3.63, 3.8) is 0 Å². The van der Waals surface area contributed by atoms with Gasteiger partial charge in [-0.3, -0.25) is 15.1 Å². The van der Waals surface area contributed by atoms with Crippen LogP contribution in [0, 0.1) is 3.57 Å².